The van der Waals surface area contributed by atoms with Crippen LogP contribution in [0.3, 0.4) is 0 Å². The third kappa shape index (κ3) is 2.20. The number of hydroxylamine groups is 2. The fraction of sp³-hybridized carbons (Fsp3) is 1.00. The lowest BCUT2D eigenvalue weighted by molar-refractivity contribution is -0.262. The zero-order valence-corrected chi connectivity index (χ0v) is 10.2. The molecule has 0 aromatic heterocycles. The normalized spacial score (nSPS) is 29.1. The predicted octanol–water partition coefficient (Wildman–Crippen LogP) is 2.50. The zero-order valence-electron chi connectivity index (χ0n) is 9.29. The average Bonchev–Trinajstić information content (AvgIpc) is 1.79. The van der Waals surface area contributed by atoms with E-state index in [4.69, 9.17) is 4.84 Å². The SMILES string of the molecule is CON1C(C)(C)CC(S)CC1(C)C. The first-order valence-electron chi connectivity index (χ1n) is 4.82. The minimum atomic E-state index is 0.0862. The average molecular weight is 203 g/mol. The molecule has 0 spiro atoms. The third-order valence-electron chi connectivity index (χ3n) is 2.75. The van der Waals surface area contributed by atoms with Gasteiger partial charge < -0.3 is 4.84 Å². The topological polar surface area (TPSA) is 12.5 Å². The number of hydrogen-bond acceptors (Lipinski definition) is 3. The summed E-state index contributed by atoms with van der Waals surface area (Å²) >= 11 is 4.59. The molecule has 1 rings (SSSR count). The highest BCUT2D eigenvalue weighted by Crippen LogP contribution is 2.39. The Kier molecular flexibility index (Phi) is 3.01. The van der Waals surface area contributed by atoms with E-state index in [0.29, 0.717) is 5.25 Å². The zero-order chi connectivity index (χ0) is 10.3. The van der Waals surface area contributed by atoms with E-state index in [2.05, 4.69) is 45.4 Å². The molecule has 0 unspecified atom stereocenters. The molecule has 0 radical (unpaired) electrons. The Morgan fingerprint density at radius 3 is 1.85 bits per heavy atom. The number of rotatable bonds is 1. The largest absolute Gasteiger partial charge is 0.301 e. The van der Waals surface area contributed by atoms with E-state index in [0.717, 1.165) is 12.8 Å². The van der Waals surface area contributed by atoms with Crippen LogP contribution in [0.1, 0.15) is 40.5 Å². The van der Waals surface area contributed by atoms with Crippen molar-refractivity contribution in [2.24, 2.45) is 0 Å². The summed E-state index contributed by atoms with van der Waals surface area (Å²) in [5.41, 5.74) is 0.172. The van der Waals surface area contributed by atoms with E-state index in [1.165, 1.54) is 0 Å². The lowest BCUT2D eigenvalue weighted by Gasteiger charge is -2.52. The molecule has 1 fully saturated rings. The first kappa shape index (κ1) is 11.3. The summed E-state index contributed by atoms with van der Waals surface area (Å²) in [6.07, 6.45) is 2.15. The highest BCUT2D eigenvalue weighted by molar-refractivity contribution is 7.80. The van der Waals surface area contributed by atoms with Gasteiger partial charge in [-0.25, -0.2) is 0 Å². The molecule has 0 N–H and O–H groups in total. The fourth-order valence-corrected chi connectivity index (χ4v) is 3.60. The van der Waals surface area contributed by atoms with E-state index >= 15 is 0 Å². The van der Waals surface area contributed by atoms with Crippen LogP contribution in [0.5, 0.6) is 0 Å². The molecule has 1 heterocycles. The van der Waals surface area contributed by atoms with Crippen LogP contribution in [0.2, 0.25) is 0 Å². The number of piperidine rings is 1. The second-order valence-electron chi connectivity index (χ2n) is 5.16. The number of thiol groups is 1. The second-order valence-corrected chi connectivity index (χ2v) is 5.89. The summed E-state index contributed by atoms with van der Waals surface area (Å²) < 4.78 is 0. The predicted molar refractivity (Wildman–Crippen MR) is 59.0 cm³/mol. The monoisotopic (exact) mass is 203 g/mol. The Morgan fingerprint density at radius 2 is 1.54 bits per heavy atom. The summed E-state index contributed by atoms with van der Waals surface area (Å²) in [5, 5.41) is 2.59. The van der Waals surface area contributed by atoms with Gasteiger partial charge in [-0.2, -0.15) is 17.7 Å². The molecule has 78 valence electrons. The Bertz CT molecular complexity index is 173. The van der Waals surface area contributed by atoms with Gasteiger partial charge in [-0.05, 0) is 40.5 Å². The van der Waals surface area contributed by atoms with Crippen LogP contribution in [-0.2, 0) is 4.84 Å². The van der Waals surface area contributed by atoms with Gasteiger partial charge in [0, 0.05) is 16.3 Å². The van der Waals surface area contributed by atoms with Crippen LogP contribution < -0.4 is 0 Å². The minimum Gasteiger partial charge on any atom is -0.301 e. The van der Waals surface area contributed by atoms with Crippen LogP contribution in [0, 0.1) is 0 Å². The first-order chi connectivity index (χ1) is 5.79. The first-order valence-corrected chi connectivity index (χ1v) is 5.34. The van der Waals surface area contributed by atoms with Gasteiger partial charge in [0.2, 0.25) is 0 Å². The van der Waals surface area contributed by atoms with Crippen LogP contribution >= 0.6 is 12.6 Å². The Hall–Kier alpha value is 0.270. The molecular weight excluding hydrogens is 182 g/mol. The van der Waals surface area contributed by atoms with Gasteiger partial charge in [-0.1, -0.05) is 0 Å². The minimum absolute atomic E-state index is 0.0862. The van der Waals surface area contributed by atoms with Gasteiger partial charge in [0.15, 0.2) is 0 Å². The molecule has 1 aliphatic heterocycles. The van der Waals surface area contributed by atoms with E-state index in [1.54, 1.807) is 7.11 Å². The van der Waals surface area contributed by atoms with Crippen LogP contribution in [-0.4, -0.2) is 28.5 Å². The molecule has 0 saturated carbocycles. The fourth-order valence-electron chi connectivity index (χ4n) is 2.70. The summed E-state index contributed by atoms with van der Waals surface area (Å²) in [7, 11) is 1.75. The summed E-state index contributed by atoms with van der Waals surface area (Å²) in [6, 6.07) is 0. The lowest BCUT2D eigenvalue weighted by Crippen LogP contribution is -2.60. The van der Waals surface area contributed by atoms with Crippen molar-refractivity contribution in [1.29, 1.82) is 0 Å². The maximum Gasteiger partial charge on any atom is 0.0575 e. The molecule has 2 nitrogen and oxygen atoms in total. The van der Waals surface area contributed by atoms with E-state index in [9.17, 15) is 0 Å². The molecule has 3 heteroatoms. The van der Waals surface area contributed by atoms with Gasteiger partial charge in [-0.15, -0.1) is 0 Å². The Labute approximate surface area is 87.0 Å². The maximum absolute atomic E-state index is 5.47. The standard InChI is InChI=1S/C10H21NOS/c1-9(2)6-8(13)7-10(3,4)11(9)12-5/h8,13H,6-7H2,1-5H3. The van der Waals surface area contributed by atoms with Crippen LogP contribution in [0.4, 0.5) is 0 Å². The molecule has 1 saturated heterocycles. The Balaban J connectivity index is 2.88. The molecule has 0 aromatic carbocycles. The smallest absolute Gasteiger partial charge is 0.0575 e. The van der Waals surface area contributed by atoms with Crippen molar-refractivity contribution in [3.05, 3.63) is 0 Å². The van der Waals surface area contributed by atoms with Gasteiger partial charge in [-0.3, -0.25) is 0 Å². The van der Waals surface area contributed by atoms with Gasteiger partial charge in [0.05, 0.1) is 7.11 Å². The van der Waals surface area contributed by atoms with E-state index in [1.807, 2.05) is 0 Å². The number of hydrogen-bond donors (Lipinski definition) is 1. The lowest BCUT2D eigenvalue weighted by atomic mass is 9.82. The molecule has 0 amide bonds. The van der Waals surface area contributed by atoms with Gasteiger partial charge in [0.25, 0.3) is 0 Å². The van der Waals surface area contributed by atoms with Crippen LogP contribution in [0.15, 0.2) is 0 Å². The highest BCUT2D eigenvalue weighted by Gasteiger charge is 2.44. The second kappa shape index (κ2) is 3.44. The molecule has 0 aliphatic carbocycles. The van der Waals surface area contributed by atoms with E-state index in [-0.39, 0.29) is 11.1 Å². The summed E-state index contributed by atoms with van der Waals surface area (Å²) in [6.45, 7) is 8.84. The molecule has 13 heavy (non-hydrogen) atoms. The van der Waals surface area contributed by atoms with Crippen molar-refractivity contribution in [3.63, 3.8) is 0 Å². The Morgan fingerprint density at radius 1 is 1.15 bits per heavy atom. The van der Waals surface area contributed by atoms with Crippen molar-refractivity contribution in [3.8, 4) is 0 Å². The van der Waals surface area contributed by atoms with E-state index < -0.39 is 0 Å². The molecule has 0 aromatic rings. The maximum atomic E-state index is 5.47. The molecule has 0 bridgehead atoms. The van der Waals surface area contributed by atoms with Crippen molar-refractivity contribution < 1.29 is 4.84 Å². The molecule has 1 aliphatic rings. The van der Waals surface area contributed by atoms with Crippen molar-refractivity contribution >= 4 is 12.6 Å². The highest BCUT2D eigenvalue weighted by atomic mass is 32.1. The van der Waals surface area contributed by atoms with Gasteiger partial charge in [0.1, 0.15) is 0 Å². The molecular formula is C10H21NOS. The number of nitrogens with zero attached hydrogens (tertiary/aromatic N) is 1. The molecule has 0 atom stereocenters. The van der Waals surface area contributed by atoms with Crippen molar-refractivity contribution in [2.75, 3.05) is 7.11 Å². The van der Waals surface area contributed by atoms with Crippen molar-refractivity contribution in [1.82, 2.24) is 5.06 Å². The van der Waals surface area contributed by atoms with Crippen molar-refractivity contribution in [2.45, 2.75) is 56.9 Å². The third-order valence-corrected chi connectivity index (χ3v) is 3.12. The van der Waals surface area contributed by atoms with Crippen LogP contribution in [0.25, 0.3) is 0 Å². The quantitative estimate of drug-likeness (QED) is 0.657. The van der Waals surface area contributed by atoms with Gasteiger partial charge >= 0.3 is 0 Å². The summed E-state index contributed by atoms with van der Waals surface area (Å²) in [4.78, 5) is 5.47. The summed E-state index contributed by atoms with van der Waals surface area (Å²) in [5.74, 6) is 0.